The van der Waals surface area contributed by atoms with Crippen LogP contribution in [0.25, 0.3) is 32.7 Å². The van der Waals surface area contributed by atoms with Gasteiger partial charge in [-0.3, -0.25) is 9.59 Å². The molecule has 0 spiro atoms. The molecular formula is C35H35N5O3. The molecule has 0 unspecified atom stereocenters. The van der Waals surface area contributed by atoms with Crippen LogP contribution < -0.4 is 10.6 Å². The van der Waals surface area contributed by atoms with E-state index in [4.69, 9.17) is 4.74 Å². The zero-order valence-corrected chi connectivity index (χ0v) is 24.1. The quantitative estimate of drug-likeness (QED) is 0.158. The number of H-pyrrole nitrogens is 3. The SMILES string of the molecule is CC(C(=O)N[C@@H](Cc1c[nH]c2ccccc12)C(=O)NC[C@@H]1CCCO1)(c1c[nH]c2ccccc12)c1c[nH]c2ccccc12. The molecule has 218 valence electrons. The van der Waals surface area contributed by atoms with E-state index in [0.29, 0.717) is 19.6 Å². The van der Waals surface area contributed by atoms with Crippen LogP contribution in [-0.4, -0.2) is 52.1 Å². The topological polar surface area (TPSA) is 115 Å². The zero-order valence-electron chi connectivity index (χ0n) is 24.1. The summed E-state index contributed by atoms with van der Waals surface area (Å²) in [4.78, 5) is 38.6. The van der Waals surface area contributed by atoms with Crippen molar-refractivity contribution in [1.29, 1.82) is 0 Å². The molecule has 0 aliphatic carbocycles. The van der Waals surface area contributed by atoms with Crippen molar-refractivity contribution in [2.45, 2.75) is 43.7 Å². The van der Waals surface area contributed by atoms with E-state index >= 15 is 0 Å². The van der Waals surface area contributed by atoms with E-state index in [1.807, 2.05) is 98.3 Å². The fraction of sp³-hybridized carbons (Fsp3) is 0.257. The lowest BCUT2D eigenvalue weighted by molar-refractivity contribution is -0.131. The molecule has 8 nitrogen and oxygen atoms in total. The van der Waals surface area contributed by atoms with E-state index in [1.165, 1.54) is 0 Å². The largest absolute Gasteiger partial charge is 0.376 e. The van der Waals surface area contributed by atoms with Gasteiger partial charge in [-0.2, -0.15) is 0 Å². The molecule has 6 aromatic rings. The summed E-state index contributed by atoms with van der Waals surface area (Å²) >= 11 is 0. The molecule has 3 aromatic carbocycles. The Morgan fingerprint density at radius 3 is 2.00 bits per heavy atom. The lowest BCUT2D eigenvalue weighted by Gasteiger charge is -2.31. The minimum atomic E-state index is -1.12. The van der Waals surface area contributed by atoms with Crippen LogP contribution in [0.5, 0.6) is 0 Å². The first kappa shape index (κ1) is 27.0. The van der Waals surface area contributed by atoms with E-state index in [9.17, 15) is 9.59 Å². The predicted molar refractivity (Wildman–Crippen MR) is 169 cm³/mol. The molecule has 7 rings (SSSR count). The number of aromatic amines is 3. The van der Waals surface area contributed by atoms with Crippen molar-refractivity contribution in [3.05, 3.63) is 108 Å². The summed E-state index contributed by atoms with van der Waals surface area (Å²) in [5, 5.41) is 9.23. The van der Waals surface area contributed by atoms with Gasteiger partial charge in [-0.25, -0.2) is 0 Å². The summed E-state index contributed by atoms with van der Waals surface area (Å²) < 4.78 is 5.75. The smallest absolute Gasteiger partial charge is 0.243 e. The standard InChI is InChI=1S/C35H35N5O3/c1-35(27-20-37-30-14-6-3-11-25(27)30,28-21-38-31-15-7-4-12-26(28)31)34(42)40-32(33(41)39-19-23-9-8-16-43-23)17-22-18-36-29-13-5-2-10-24(22)29/h2-7,10-15,18,20-21,23,32,36-38H,8-9,16-17,19H2,1H3,(H,39,41)(H,40,42)/t23-,32-/m0/s1. The first-order valence-corrected chi connectivity index (χ1v) is 14.9. The summed E-state index contributed by atoms with van der Waals surface area (Å²) in [7, 11) is 0. The number of rotatable bonds is 9. The maximum atomic E-state index is 14.8. The van der Waals surface area contributed by atoms with Crippen LogP contribution in [0.3, 0.4) is 0 Å². The number of carbonyl (C=O) groups excluding carboxylic acids is 2. The fourth-order valence-electron chi connectivity index (χ4n) is 6.54. The minimum Gasteiger partial charge on any atom is -0.376 e. The molecule has 3 aromatic heterocycles. The van der Waals surface area contributed by atoms with Gasteiger partial charge in [0.1, 0.15) is 11.5 Å². The number of amides is 2. The number of fused-ring (bicyclic) bond motifs is 3. The van der Waals surface area contributed by atoms with Crippen LogP contribution in [-0.2, 0) is 26.2 Å². The molecule has 4 heterocycles. The average molecular weight is 574 g/mol. The van der Waals surface area contributed by atoms with Gasteiger partial charge >= 0.3 is 0 Å². The maximum Gasteiger partial charge on any atom is 0.243 e. The van der Waals surface area contributed by atoms with E-state index in [0.717, 1.165) is 62.2 Å². The van der Waals surface area contributed by atoms with Crippen LogP contribution in [0.4, 0.5) is 0 Å². The second-order valence-electron chi connectivity index (χ2n) is 11.6. The second kappa shape index (κ2) is 11.1. The molecule has 2 atom stereocenters. The van der Waals surface area contributed by atoms with Gasteiger partial charge in [0.15, 0.2) is 0 Å². The van der Waals surface area contributed by atoms with Crippen molar-refractivity contribution in [2.75, 3.05) is 13.2 Å². The van der Waals surface area contributed by atoms with E-state index < -0.39 is 11.5 Å². The molecule has 1 aliphatic heterocycles. The highest BCUT2D eigenvalue weighted by molar-refractivity contribution is 6.03. The second-order valence-corrected chi connectivity index (χ2v) is 11.6. The Kier molecular flexibility index (Phi) is 6.99. The van der Waals surface area contributed by atoms with Crippen LogP contribution >= 0.6 is 0 Å². The number of nitrogens with one attached hydrogen (secondary N) is 5. The van der Waals surface area contributed by atoms with Crippen molar-refractivity contribution in [2.24, 2.45) is 0 Å². The Morgan fingerprint density at radius 2 is 1.40 bits per heavy atom. The van der Waals surface area contributed by atoms with E-state index in [-0.39, 0.29) is 17.9 Å². The molecule has 5 N–H and O–H groups in total. The van der Waals surface area contributed by atoms with Crippen LogP contribution in [0.15, 0.2) is 91.4 Å². The number of benzene rings is 3. The Morgan fingerprint density at radius 1 is 0.837 bits per heavy atom. The molecule has 1 saturated heterocycles. The summed E-state index contributed by atoms with van der Waals surface area (Å²) in [5.41, 5.74) is 4.42. The molecule has 0 bridgehead atoms. The highest BCUT2D eigenvalue weighted by Crippen LogP contribution is 2.40. The summed E-state index contributed by atoms with van der Waals surface area (Å²) in [6, 6.07) is 23.2. The molecule has 0 radical (unpaired) electrons. The highest BCUT2D eigenvalue weighted by Gasteiger charge is 2.42. The molecule has 1 aliphatic rings. The van der Waals surface area contributed by atoms with Crippen LogP contribution in [0, 0.1) is 0 Å². The van der Waals surface area contributed by atoms with Gasteiger partial charge in [0, 0.05) is 70.9 Å². The zero-order chi connectivity index (χ0) is 29.4. The van der Waals surface area contributed by atoms with Crippen molar-refractivity contribution in [1.82, 2.24) is 25.6 Å². The number of carbonyl (C=O) groups is 2. The predicted octanol–water partition coefficient (Wildman–Crippen LogP) is 5.46. The van der Waals surface area contributed by atoms with Gasteiger partial charge in [-0.05, 0) is 54.7 Å². The first-order valence-electron chi connectivity index (χ1n) is 14.9. The van der Waals surface area contributed by atoms with Gasteiger partial charge in [0.25, 0.3) is 0 Å². The first-order chi connectivity index (χ1) is 21.0. The van der Waals surface area contributed by atoms with Gasteiger partial charge in [-0.1, -0.05) is 54.6 Å². The van der Waals surface area contributed by atoms with Crippen LogP contribution in [0.2, 0.25) is 0 Å². The third-order valence-corrected chi connectivity index (χ3v) is 8.96. The van der Waals surface area contributed by atoms with Gasteiger partial charge in [0.05, 0.1) is 6.10 Å². The number of hydrogen-bond acceptors (Lipinski definition) is 3. The minimum absolute atomic E-state index is 0.00361. The lowest BCUT2D eigenvalue weighted by atomic mass is 9.75. The van der Waals surface area contributed by atoms with Crippen LogP contribution in [0.1, 0.15) is 36.5 Å². The molecule has 1 fully saturated rings. The van der Waals surface area contributed by atoms with Crippen molar-refractivity contribution in [3.63, 3.8) is 0 Å². The normalized spacial score (nSPS) is 16.2. The molecule has 0 saturated carbocycles. The van der Waals surface area contributed by atoms with E-state index in [1.54, 1.807) is 0 Å². The maximum absolute atomic E-state index is 14.8. The Bertz CT molecular complexity index is 1850. The number of para-hydroxylation sites is 3. The third kappa shape index (κ3) is 4.87. The number of aromatic nitrogens is 3. The molecular weight excluding hydrogens is 538 g/mol. The van der Waals surface area contributed by atoms with E-state index in [2.05, 4.69) is 25.6 Å². The average Bonchev–Trinajstić information content (AvgIpc) is 3.85. The summed E-state index contributed by atoms with van der Waals surface area (Å²) in [5.74, 6) is -0.478. The van der Waals surface area contributed by atoms with Gasteiger partial charge < -0.3 is 30.3 Å². The fourth-order valence-corrected chi connectivity index (χ4v) is 6.54. The molecule has 2 amide bonds. The number of hydrogen-bond donors (Lipinski definition) is 5. The molecule has 43 heavy (non-hydrogen) atoms. The highest BCUT2D eigenvalue weighted by atomic mass is 16.5. The van der Waals surface area contributed by atoms with Crippen molar-refractivity contribution in [3.8, 4) is 0 Å². The summed E-state index contributed by atoms with van der Waals surface area (Å²) in [6.45, 7) is 3.07. The van der Waals surface area contributed by atoms with Gasteiger partial charge in [-0.15, -0.1) is 0 Å². The number of ether oxygens (including phenoxy) is 1. The third-order valence-electron chi connectivity index (χ3n) is 8.96. The Balaban J connectivity index is 1.28. The summed E-state index contributed by atoms with van der Waals surface area (Å²) in [6.07, 6.45) is 8.00. The lowest BCUT2D eigenvalue weighted by Crippen LogP contribution is -2.54. The molecule has 8 heteroatoms. The van der Waals surface area contributed by atoms with Crippen molar-refractivity contribution < 1.29 is 14.3 Å². The Hall–Kier alpha value is -4.82. The Labute approximate surface area is 249 Å². The van der Waals surface area contributed by atoms with Gasteiger partial charge in [0.2, 0.25) is 11.8 Å². The van der Waals surface area contributed by atoms with Crippen molar-refractivity contribution >= 4 is 44.5 Å². The monoisotopic (exact) mass is 573 g/mol.